The highest BCUT2D eigenvalue weighted by molar-refractivity contribution is 7.09. The van der Waals surface area contributed by atoms with Gasteiger partial charge >= 0.3 is 6.18 Å². The fourth-order valence-electron chi connectivity index (χ4n) is 4.37. The van der Waals surface area contributed by atoms with Gasteiger partial charge in [0.2, 0.25) is 17.7 Å². The molecular formula is C28H31F3N6O5S. The fourth-order valence-corrected chi connectivity index (χ4v) is 5.39. The molecule has 1 aliphatic rings. The lowest BCUT2D eigenvalue weighted by molar-refractivity contribution is -0.150. The zero-order chi connectivity index (χ0) is 31.1. The van der Waals surface area contributed by atoms with Gasteiger partial charge in [-0.25, -0.2) is 9.97 Å². The number of nitrogens with one attached hydrogen (secondary N) is 3. The number of carbonyl (C=O) groups excluding carboxylic acids is 4. The molecular weight excluding hydrogens is 589 g/mol. The molecule has 0 spiro atoms. The van der Waals surface area contributed by atoms with Crippen LogP contribution in [0.1, 0.15) is 76.2 Å². The van der Waals surface area contributed by atoms with Crippen molar-refractivity contribution in [2.45, 2.75) is 51.4 Å². The second-order valence-electron chi connectivity index (χ2n) is 10.3. The molecule has 2 atom stereocenters. The van der Waals surface area contributed by atoms with Crippen molar-refractivity contribution in [2.75, 3.05) is 19.6 Å². The first-order chi connectivity index (χ1) is 20.4. The lowest BCUT2D eigenvalue weighted by atomic mass is 10.0. The average Bonchev–Trinajstić information content (AvgIpc) is 3.64. The van der Waals surface area contributed by atoms with Gasteiger partial charge < -0.3 is 25.3 Å². The van der Waals surface area contributed by atoms with Crippen LogP contribution in [0.5, 0.6) is 0 Å². The average molecular weight is 621 g/mol. The maximum Gasteiger partial charge on any atom is 0.389 e. The second kappa shape index (κ2) is 13.8. The number of benzene rings is 1. The first-order valence-corrected chi connectivity index (χ1v) is 14.5. The van der Waals surface area contributed by atoms with E-state index in [1.807, 2.05) is 44.2 Å². The molecule has 4 rings (SSSR count). The Hall–Kier alpha value is -4.27. The number of thiazole rings is 1. The quantitative estimate of drug-likeness (QED) is 0.395. The SMILES string of the molecule is CC(C)[C@@H]1NC(=O)CN(C(=O)CCC(F)(F)F)CCNC(=O)c2coc(n2)[C@H](Cc2ccccc2)NC(=O)c2csc1n2. The summed E-state index contributed by atoms with van der Waals surface area (Å²) in [7, 11) is 0. The molecule has 0 radical (unpaired) electrons. The number of hydrogen-bond acceptors (Lipinski definition) is 8. The molecule has 0 fully saturated rings. The zero-order valence-corrected chi connectivity index (χ0v) is 24.3. The molecule has 0 aliphatic carbocycles. The minimum absolute atomic E-state index is 0.0789. The van der Waals surface area contributed by atoms with E-state index in [1.54, 1.807) is 5.38 Å². The fraction of sp³-hybridized carbons (Fsp3) is 0.429. The number of carbonyl (C=O) groups is 4. The molecule has 1 aromatic carbocycles. The highest BCUT2D eigenvalue weighted by atomic mass is 32.1. The van der Waals surface area contributed by atoms with E-state index in [0.717, 1.165) is 28.1 Å². The minimum Gasteiger partial charge on any atom is -0.446 e. The Morgan fingerprint density at radius 3 is 2.53 bits per heavy atom. The summed E-state index contributed by atoms with van der Waals surface area (Å²) in [6, 6.07) is 7.88. The van der Waals surface area contributed by atoms with Crippen LogP contribution in [-0.2, 0) is 16.0 Å². The molecule has 0 unspecified atom stereocenters. The Bertz CT molecular complexity index is 1440. The van der Waals surface area contributed by atoms with E-state index in [9.17, 15) is 32.3 Å². The monoisotopic (exact) mass is 620 g/mol. The standard InChI is InChI=1S/C28H31F3N6O5S/c1-16(2)23-27-35-20(15-43-27)25(41)33-18(12-17-6-4-3-5-7-17)26-34-19(14-42-26)24(40)32-10-11-37(13-21(38)36-23)22(39)8-9-28(29,30)31/h3-7,14-16,18,23H,8-13H2,1-2H3,(H,32,40)(H,33,41)(H,36,38)/t18-,23-/m0/s1. The van der Waals surface area contributed by atoms with Crippen molar-refractivity contribution in [1.29, 1.82) is 0 Å². The largest absolute Gasteiger partial charge is 0.446 e. The number of amides is 4. The number of nitrogens with zero attached hydrogens (tertiary/aromatic N) is 3. The van der Waals surface area contributed by atoms with Crippen molar-refractivity contribution < 1.29 is 36.8 Å². The third-order valence-corrected chi connectivity index (χ3v) is 7.55. The molecule has 3 aromatic rings. The lowest BCUT2D eigenvalue weighted by Crippen LogP contribution is -2.45. The Labute approximate surface area is 249 Å². The van der Waals surface area contributed by atoms with E-state index in [0.29, 0.717) is 11.4 Å². The maximum absolute atomic E-state index is 13.3. The van der Waals surface area contributed by atoms with Crippen molar-refractivity contribution in [1.82, 2.24) is 30.8 Å². The van der Waals surface area contributed by atoms with E-state index in [4.69, 9.17) is 4.42 Å². The van der Waals surface area contributed by atoms with Gasteiger partial charge in [-0.1, -0.05) is 44.2 Å². The molecule has 3 heterocycles. The van der Waals surface area contributed by atoms with Gasteiger partial charge in [0, 0.05) is 31.3 Å². The van der Waals surface area contributed by atoms with Crippen molar-refractivity contribution in [3.05, 3.63) is 69.8 Å². The van der Waals surface area contributed by atoms with Crippen LogP contribution in [-0.4, -0.2) is 64.3 Å². The summed E-state index contributed by atoms with van der Waals surface area (Å²) in [6.45, 7) is 2.73. The van der Waals surface area contributed by atoms with Gasteiger partial charge in [-0.05, 0) is 11.5 Å². The van der Waals surface area contributed by atoms with Crippen LogP contribution >= 0.6 is 11.3 Å². The molecule has 11 nitrogen and oxygen atoms in total. The second-order valence-corrected chi connectivity index (χ2v) is 11.2. The maximum atomic E-state index is 13.3. The molecule has 0 saturated heterocycles. The van der Waals surface area contributed by atoms with Gasteiger partial charge in [0.25, 0.3) is 11.8 Å². The van der Waals surface area contributed by atoms with E-state index >= 15 is 0 Å². The van der Waals surface area contributed by atoms with Crippen LogP contribution in [0, 0.1) is 5.92 Å². The van der Waals surface area contributed by atoms with Crippen LogP contribution in [0.15, 0.2) is 46.4 Å². The van der Waals surface area contributed by atoms with E-state index in [1.165, 1.54) is 0 Å². The van der Waals surface area contributed by atoms with Gasteiger partial charge in [0.1, 0.15) is 23.0 Å². The van der Waals surface area contributed by atoms with E-state index in [2.05, 4.69) is 25.9 Å². The minimum atomic E-state index is -4.55. The van der Waals surface area contributed by atoms with Crippen molar-refractivity contribution in [3.63, 3.8) is 0 Å². The normalized spacial score (nSPS) is 18.8. The van der Waals surface area contributed by atoms with Gasteiger partial charge in [0.15, 0.2) is 5.69 Å². The molecule has 230 valence electrons. The number of halogens is 3. The van der Waals surface area contributed by atoms with Crippen LogP contribution in [0.3, 0.4) is 0 Å². The highest BCUT2D eigenvalue weighted by Crippen LogP contribution is 2.26. The van der Waals surface area contributed by atoms with Crippen molar-refractivity contribution >= 4 is 35.0 Å². The van der Waals surface area contributed by atoms with Crippen LogP contribution in [0.2, 0.25) is 0 Å². The van der Waals surface area contributed by atoms with E-state index in [-0.39, 0.29) is 36.3 Å². The summed E-state index contributed by atoms with van der Waals surface area (Å²) in [5, 5.41) is 10.2. The Kier molecular flexibility index (Phi) is 10.2. The summed E-state index contributed by atoms with van der Waals surface area (Å²) < 4.78 is 44.0. The van der Waals surface area contributed by atoms with Gasteiger partial charge in [-0.3, -0.25) is 19.2 Å². The number of alkyl halides is 3. The summed E-state index contributed by atoms with van der Waals surface area (Å²) in [5.41, 5.74) is 0.857. The Morgan fingerprint density at radius 1 is 1.09 bits per heavy atom. The molecule has 0 saturated carbocycles. The van der Waals surface area contributed by atoms with Gasteiger partial charge in [0.05, 0.1) is 19.0 Å². The summed E-state index contributed by atoms with van der Waals surface area (Å²) >= 11 is 1.16. The number of aromatic nitrogens is 2. The Balaban J connectivity index is 1.64. The third kappa shape index (κ3) is 8.86. The predicted molar refractivity (Wildman–Crippen MR) is 149 cm³/mol. The molecule has 1 aliphatic heterocycles. The zero-order valence-electron chi connectivity index (χ0n) is 23.4. The summed E-state index contributed by atoms with van der Waals surface area (Å²) in [4.78, 5) is 61.4. The highest BCUT2D eigenvalue weighted by Gasteiger charge is 2.31. The van der Waals surface area contributed by atoms with Gasteiger partial charge in [-0.2, -0.15) is 13.2 Å². The van der Waals surface area contributed by atoms with E-state index < -0.39 is 61.3 Å². The van der Waals surface area contributed by atoms with Crippen LogP contribution < -0.4 is 16.0 Å². The first-order valence-electron chi connectivity index (χ1n) is 13.6. The topological polar surface area (TPSA) is 147 Å². The molecule has 43 heavy (non-hydrogen) atoms. The third-order valence-electron chi connectivity index (χ3n) is 6.62. The summed E-state index contributed by atoms with van der Waals surface area (Å²) in [5.74, 6) is -2.81. The smallest absolute Gasteiger partial charge is 0.389 e. The number of fused-ring (bicyclic) bond motifs is 4. The molecule has 3 N–H and O–H groups in total. The molecule has 2 aromatic heterocycles. The lowest BCUT2D eigenvalue weighted by Gasteiger charge is -2.25. The molecule has 15 heteroatoms. The van der Waals surface area contributed by atoms with Crippen molar-refractivity contribution in [3.8, 4) is 0 Å². The Morgan fingerprint density at radius 2 is 1.84 bits per heavy atom. The number of rotatable bonds is 5. The first kappa shape index (κ1) is 31.7. The molecule has 4 amide bonds. The van der Waals surface area contributed by atoms with Crippen LogP contribution in [0.4, 0.5) is 13.2 Å². The van der Waals surface area contributed by atoms with Crippen molar-refractivity contribution in [2.24, 2.45) is 5.92 Å². The van der Waals surface area contributed by atoms with Gasteiger partial charge in [-0.15, -0.1) is 11.3 Å². The van der Waals surface area contributed by atoms with Crippen LogP contribution in [0.25, 0.3) is 0 Å². The number of hydrogen-bond donors (Lipinski definition) is 3. The number of oxazole rings is 1. The molecule has 4 bridgehead atoms. The summed E-state index contributed by atoms with van der Waals surface area (Å²) in [6.07, 6.45) is -5.33. The predicted octanol–water partition coefficient (Wildman–Crippen LogP) is 3.57.